The van der Waals surface area contributed by atoms with Crippen LogP contribution in [0.25, 0.3) is 59.8 Å². The third kappa shape index (κ3) is 7.06. The van der Waals surface area contributed by atoms with Crippen LogP contribution in [0, 0.1) is 17.9 Å². The molecule has 0 saturated carbocycles. The molecule has 2 heterocycles. The lowest BCUT2D eigenvalue weighted by Gasteiger charge is -2.36. The summed E-state index contributed by atoms with van der Waals surface area (Å²) < 4.78 is 14.8. The first-order valence-electron chi connectivity index (χ1n) is 25.6. The van der Waals surface area contributed by atoms with Gasteiger partial charge in [-0.1, -0.05) is 161 Å². The molecule has 6 heteroatoms. The maximum atomic E-state index is 10.0. The Balaban J connectivity index is 1.23. The summed E-state index contributed by atoms with van der Waals surface area (Å²) in [7, 11) is 0. The van der Waals surface area contributed by atoms with Gasteiger partial charge in [-0.15, -0.1) is 0 Å². The van der Waals surface area contributed by atoms with E-state index in [1.54, 1.807) is 0 Å². The Morgan fingerprint density at radius 3 is 1.23 bits per heavy atom. The van der Waals surface area contributed by atoms with Crippen molar-refractivity contribution in [1.29, 1.82) is 5.26 Å². The Morgan fingerprint density at radius 1 is 0.467 bits per heavy atom. The summed E-state index contributed by atoms with van der Waals surface area (Å²) in [6.07, 6.45) is 0. The van der Waals surface area contributed by atoms with Crippen LogP contribution in [0.3, 0.4) is 0 Å². The van der Waals surface area contributed by atoms with Crippen LogP contribution in [0.4, 0.5) is 39.8 Å². The quantitative estimate of drug-likeness (QED) is 0.128. The standard InChI is InChI=1S/C69H50N4O2/c1-43(2)46-26-34-52(35-27-46)72(51-32-24-45(42-70)25-33-51)59-40-57-65(67-63(59)55-20-12-14-22-61(55)74-67)66-58(69(57,48-16-8-6-9-17-48)49-18-10-7-11-19-49)41-60(64-56-21-13-15-23-62(56)75-68(64)66)73(54-38-30-50(71-5)31-39-54)53-36-28-47(29-37-53)44(3)4/h6-41,43-44H,1-4H3. The average molecular weight is 967 g/mol. The van der Waals surface area contributed by atoms with E-state index in [0.29, 0.717) is 23.1 Å². The summed E-state index contributed by atoms with van der Waals surface area (Å²) in [5, 5.41) is 13.9. The number of nitrogens with zero attached hydrogens (tertiary/aromatic N) is 4. The van der Waals surface area contributed by atoms with Gasteiger partial charge in [0, 0.05) is 44.6 Å². The fourth-order valence-electron chi connectivity index (χ4n) is 11.7. The number of fused-ring (bicyclic) bond motifs is 11. The van der Waals surface area contributed by atoms with E-state index in [0.717, 1.165) is 111 Å². The van der Waals surface area contributed by atoms with Crippen LogP contribution >= 0.6 is 0 Å². The molecular weight excluding hydrogens is 917 g/mol. The van der Waals surface area contributed by atoms with Crippen LogP contribution in [0.2, 0.25) is 0 Å². The van der Waals surface area contributed by atoms with Gasteiger partial charge in [-0.2, -0.15) is 5.26 Å². The van der Waals surface area contributed by atoms with Crippen molar-refractivity contribution in [3.8, 4) is 17.2 Å². The van der Waals surface area contributed by atoms with Gasteiger partial charge in [-0.25, -0.2) is 4.85 Å². The SMILES string of the molecule is [C-]#[N+]c1ccc(N(c2ccc(C(C)C)cc2)c2cc3c(c4oc5ccccc5c24)-c2c(cc(N(c4ccc(C#N)cc4)c4ccc(C(C)C)cc4)c4c2oc2ccccc24)C3(c2ccccc2)c2ccccc2)cc1. The van der Waals surface area contributed by atoms with Crippen LogP contribution in [0.5, 0.6) is 0 Å². The number of anilines is 6. The number of hydrogen-bond donors (Lipinski definition) is 0. The second kappa shape index (κ2) is 17.8. The summed E-state index contributed by atoms with van der Waals surface area (Å²) in [5.41, 5.74) is 17.6. The molecule has 75 heavy (non-hydrogen) atoms. The second-order valence-electron chi connectivity index (χ2n) is 20.2. The topological polar surface area (TPSA) is 60.9 Å². The van der Waals surface area contributed by atoms with Gasteiger partial charge in [0.25, 0.3) is 0 Å². The first kappa shape index (κ1) is 45.3. The number of rotatable bonds is 10. The third-order valence-corrected chi connectivity index (χ3v) is 15.3. The third-order valence-electron chi connectivity index (χ3n) is 15.3. The first-order chi connectivity index (χ1) is 36.8. The summed E-state index contributed by atoms with van der Waals surface area (Å²) >= 11 is 0. The Kier molecular flexibility index (Phi) is 10.8. The van der Waals surface area contributed by atoms with Gasteiger partial charge < -0.3 is 18.6 Å². The fraction of sp³-hybridized carbons (Fsp3) is 0.101. The molecule has 1 aliphatic rings. The van der Waals surface area contributed by atoms with Gasteiger partial charge in [0.2, 0.25) is 0 Å². The van der Waals surface area contributed by atoms with Crippen molar-refractivity contribution in [2.75, 3.05) is 9.80 Å². The van der Waals surface area contributed by atoms with Crippen LogP contribution in [0.15, 0.2) is 227 Å². The monoisotopic (exact) mass is 966 g/mol. The van der Waals surface area contributed by atoms with E-state index in [2.05, 4.69) is 218 Å². The molecule has 0 amide bonds. The molecule has 0 N–H and O–H groups in total. The highest BCUT2D eigenvalue weighted by molar-refractivity contribution is 6.25. The number of hydrogen-bond acceptors (Lipinski definition) is 5. The molecule has 0 fully saturated rings. The number of furan rings is 2. The maximum absolute atomic E-state index is 10.0. The van der Waals surface area contributed by atoms with Crippen molar-refractivity contribution >= 4 is 83.7 Å². The van der Waals surface area contributed by atoms with Gasteiger partial charge in [-0.05, 0) is 130 Å². The second-order valence-corrected chi connectivity index (χ2v) is 20.2. The molecular formula is C69H50N4O2. The number of para-hydroxylation sites is 2. The van der Waals surface area contributed by atoms with Gasteiger partial charge in [0.05, 0.1) is 45.8 Å². The highest BCUT2D eigenvalue weighted by Gasteiger charge is 2.50. The lowest BCUT2D eigenvalue weighted by Crippen LogP contribution is -2.29. The molecule has 12 aromatic rings. The maximum Gasteiger partial charge on any atom is 0.187 e. The van der Waals surface area contributed by atoms with E-state index in [1.807, 2.05) is 48.5 Å². The Morgan fingerprint density at radius 2 is 0.840 bits per heavy atom. The van der Waals surface area contributed by atoms with E-state index in [4.69, 9.17) is 15.4 Å². The van der Waals surface area contributed by atoms with Crippen molar-refractivity contribution in [3.63, 3.8) is 0 Å². The fourth-order valence-corrected chi connectivity index (χ4v) is 11.7. The minimum absolute atomic E-state index is 0.344. The predicted octanol–water partition coefficient (Wildman–Crippen LogP) is 19.5. The smallest absolute Gasteiger partial charge is 0.187 e. The summed E-state index contributed by atoms with van der Waals surface area (Å²) in [5.74, 6) is 0.689. The van der Waals surface area contributed by atoms with Gasteiger partial charge in [0.15, 0.2) is 5.69 Å². The molecule has 0 unspecified atom stereocenters. The molecule has 0 atom stereocenters. The molecule has 6 nitrogen and oxygen atoms in total. The molecule has 10 aromatic carbocycles. The molecule has 358 valence electrons. The van der Waals surface area contributed by atoms with Gasteiger partial charge in [0.1, 0.15) is 22.3 Å². The summed E-state index contributed by atoms with van der Waals surface area (Å²) in [6.45, 7) is 16.8. The van der Waals surface area contributed by atoms with E-state index < -0.39 is 5.41 Å². The predicted molar refractivity (Wildman–Crippen MR) is 307 cm³/mol. The van der Waals surface area contributed by atoms with Crippen molar-refractivity contribution in [2.45, 2.75) is 44.9 Å². The zero-order valence-corrected chi connectivity index (χ0v) is 42.0. The molecule has 13 rings (SSSR count). The Hall–Kier alpha value is -9.62. The van der Waals surface area contributed by atoms with Crippen LogP contribution < -0.4 is 9.80 Å². The highest BCUT2D eigenvalue weighted by Crippen LogP contribution is 2.64. The summed E-state index contributed by atoms with van der Waals surface area (Å²) in [4.78, 5) is 8.46. The molecule has 0 radical (unpaired) electrons. The molecule has 2 aromatic heterocycles. The van der Waals surface area contributed by atoms with Crippen LogP contribution in [-0.2, 0) is 5.41 Å². The highest BCUT2D eigenvalue weighted by atomic mass is 16.3. The van der Waals surface area contributed by atoms with Crippen molar-refractivity contribution in [1.82, 2.24) is 0 Å². The van der Waals surface area contributed by atoms with Crippen molar-refractivity contribution in [2.24, 2.45) is 0 Å². The van der Waals surface area contributed by atoms with Crippen LogP contribution in [0.1, 0.15) is 78.5 Å². The minimum Gasteiger partial charge on any atom is -0.455 e. The zero-order valence-electron chi connectivity index (χ0n) is 42.0. The van der Waals surface area contributed by atoms with E-state index in [-0.39, 0.29) is 0 Å². The lowest BCUT2D eigenvalue weighted by molar-refractivity contribution is 0.665. The average Bonchev–Trinajstić information content (AvgIpc) is 4.35. The van der Waals surface area contributed by atoms with Crippen LogP contribution in [-0.4, -0.2) is 0 Å². The molecule has 0 spiro atoms. The van der Waals surface area contributed by atoms with E-state index in [1.165, 1.54) is 11.1 Å². The lowest BCUT2D eigenvalue weighted by atomic mass is 9.67. The minimum atomic E-state index is -0.948. The van der Waals surface area contributed by atoms with E-state index >= 15 is 0 Å². The summed E-state index contributed by atoms with van der Waals surface area (Å²) in [6, 6.07) is 79.2. The zero-order chi connectivity index (χ0) is 51.0. The molecule has 0 saturated heterocycles. The normalized spacial score (nSPS) is 12.6. The number of nitriles is 1. The first-order valence-corrected chi connectivity index (χ1v) is 25.6. The van der Waals surface area contributed by atoms with Gasteiger partial charge in [-0.3, -0.25) is 0 Å². The van der Waals surface area contributed by atoms with E-state index in [9.17, 15) is 5.26 Å². The largest absolute Gasteiger partial charge is 0.455 e. The molecule has 1 aliphatic carbocycles. The van der Waals surface area contributed by atoms with Crippen molar-refractivity contribution in [3.05, 3.63) is 269 Å². The Bertz CT molecular complexity index is 3960. The Labute approximate surface area is 436 Å². The number of benzene rings is 10. The van der Waals surface area contributed by atoms with Crippen molar-refractivity contribution < 1.29 is 8.83 Å². The van der Waals surface area contributed by atoms with Gasteiger partial charge >= 0.3 is 0 Å². The molecule has 0 aliphatic heterocycles. The molecule has 0 bridgehead atoms.